The molecule has 11 nitrogen and oxygen atoms in total. The quantitative estimate of drug-likeness (QED) is 0.0570. The smallest absolute Gasteiger partial charge is 0.347 e. The van der Waals surface area contributed by atoms with Crippen molar-refractivity contribution in [2.45, 2.75) is 31.3 Å². The first-order chi connectivity index (χ1) is 30.6. The minimum Gasteiger partial charge on any atom is -0.506 e. The Morgan fingerprint density at radius 1 is 0.810 bits per heavy atom. The number of hydrogen-bond acceptors (Lipinski definition) is 10. The van der Waals surface area contributed by atoms with Gasteiger partial charge in [-0.3, -0.25) is 14.5 Å². The molecule has 6 N–H and O–H groups in total. The van der Waals surface area contributed by atoms with Crippen molar-refractivity contribution in [2.24, 2.45) is 17.8 Å². The molecule has 63 heavy (non-hydrogen) atoms. The number of ether oxygens (including phenoxy) is 1. The molecule has 1 aliphatic heterocycles. The van der Waals surface area contributed by atoms with Gasteiger partial charge in [0.05, 0.1) is 24.8 Å². The number of carbonyl (C=O) groups excluding carboxylic acids is 2. The van der Waals surface area contributed by atoms with Crippen LogP contribution < -0.4 is 16.2 Å². The first-order valence-electron chi connectivity index (χ1n) is 21.2. The molecule has 12 heteroatoms. The SMILES string of the molecule is O=C(NCc1ccc(-c2cccc(C(O)(C(=O)OC[C@@H]3[C@H]4CN(Cc5ccccc5)C[C@@H]34)c3ccccc3)c2)s1)c1ccc(CNC[C@H](O)c2ccc(O)c3[nH]c(=O)ccc23)cc1. The lowest BCUT2D eigenvalue weighted by Gasteiger charge is -2.28. The van der Waals surface area contributed by atoms with E-state index in [1.54, 1.807) is 54.6 Å². The maximum atomic E-state index is 14.0. The number of pyridine rings is 1. The van der Waals surface area contributed by atoms with E-state index in [1.165, 1.54) is 29.0 Å². The maximum Gasteiger partial charge on any atom is 0.347 e. The van der Waals surface area contributed by atoms with E-state index in [9.17, 15) is 29.7 Å². The number of benzene rings is 5. The van der Waals surface area contributed by atoms with Crippen LogP contribution in [0.3, 0.4) is 0 Å². The van der Waals surface area contributed by atoms with Crippen LogP contribution in [0.1, 0.15) is 49.2 Å². The van der Waals surface area contributed by atoms with E-state index < -0.39 is 17.7 Å². The molecule has 5 atom stereocenters. The summed E-state index contributed by atoms with van der Waals surface area (Å²) < 4.78 is 5.96. The van der Waals surface area contributed by atoms with Gasteiger partial charge >= 0.3 is 5.97 Å². The predicted octanol–water partition coefficient (Wildman–Crippen LogP) is 6.87. The van der Waals surface area contributed by atoms with E-state index in [1.807, 2.05) is 54.6 Å². The number of thiophene rings is 1. The molecule has 1 saturated carbocycles. The molecule has 320 valence electrons. The van der Waals surface area contributed by atoms with Crippen molar-refractivity contribution in [2.75, 3.05) is 26.2 Å². The number of fused-ring (bicyclic) bond motifs is 2. The lowest BCUT2D eigenvalue weighted by Crippen LogP contribution is -2.39. The summed E-state index contributed by atoms with van der Waals surface area (Å²) in [4.78, 5) is 45.8. The average molecular weight is 861 g/mol. The fourth-order valence-corrected chi connectivity index (χ4v) is 9.84. The highest BCUT2D eigenvalue weighted by molar-refractivity contribution is 7.15. The molecule has 5 aromatic carbocycles. The lowest BCUT2D eigenvalue weighted by atomic mass is 9.85. The molecule has 2 aromatic heterocycles. The number of nitrogens with zero attached hydrogens (tertiary/aromatic N) is 1. The predicted molar refractivity (Wildman–Crippen MR) is 243 cm³/mol. The number of nitrogens with one attached hydrogen (secondary N) is 3. The number of aromatic amines is 1. The van der Waals surface area contributed by atoms with Crippen molar-refractivity contribution in [1.82, 2.24) is 20.5 Å². The summed E-state index contributed by atoms with van der Waals surface area (Å²) in [5.41, 5.74) is 2.94. The number of phenols is 1. The molecular weight excluding hydrogens is 813 g/mol. The second-order valence-corrected chi connectivity index (χ2v) is 17.7. The Kier molecular flexibility index (Phi) is 12.1. The molecule has 1 amide bonds. The van der Waals surface area contributed by atoms with Gasteiger partial charge in [0, 0.05) is 71.0 Å². The Bertz CT molecular complexity index is 2780. The molecule has 2 aliphatic rings. The van der Waals surface area contributed by atoms with Crippen LogP contribution in [0.2, 0.25) is 0 Å². The van der Waals surface area contributed by atoms with Gasteiger partial charge in [0.1, 0.15) is 5.75 Å². The van der Waals surface area contributed by atoms with Gasteiger partial charge in [-0.05, 0) is 82.1 Å². The molecule has 0 radical (unpaired) electrons. The minimum atomic E-state index is -2.01. The van der Waals surface area contributed by atoms with Crippen molar-refractivity contribution >= 4 is 34.1 Å². The number of aromatic hydroxyl groups is 1. The zero-order chi connectivity index (χ0) is 43.5. The largest absolute Gasteiger partial charge is 0.506 e. The Morgan fingerprint density at radius 2 is 1.54 bits per heavy atom. The van der Waals surface area contributed by atoms with Crippen LogP contribution in [0.5, 0.6) is 5.75 Å². The van der Waals surface area contributed by atoms with Crippen LogP contribution in [0, 0.1) is 17.8 Å². The van der Waals surface area contributed by atoms with E-state index in [0.29, 0.717) is 58.5 Å². The summed E-state index contributed by atoms with van der Waals surface area (Å²) in [6.07, 6.45) is -0.887. The van der Waals surface area contributed by atoms with Gasteiger partial charge in [-0.25, -0.2) is 4.79 Å². The number of phenolic OH excluding ortho intramolecular Hbond substituents is 1. The molecule has 1 aliphatic carbocycles. The van der Waals surface area contributed by atoms with Gasteiger partial charge < -0.3 is 35.7 Å². The molecule has 9 rings (SSSR count). The van der Waals surface area contributed by atoms with Crippen LogP contribution >= 0.6 is 11.3 Å². The summed E-state index contributed by atoms with van der Waals surface area (Å²) in [7, 11) is 0. The summed E-state index contributed by atoms with van der Waals surface area (Å²) >= 11 is 1.52. The fourth-order valence-electron chi connectivity index (χ4n) is 8.89. The Balaban J connectivity index is 0.785. The highest BCUT2D eigenvalue weighted by atomic mass is 32.1. The first-order valence-corrected chi connectivity index (χ1v) is 22.0. The summed E-state index contributed by atoms with van der Waals surface area (Å²) in [6, 6.07) is 44.0. The van der Waals surface area contributed by atoms with Crippen LogP contribution in [0.4, 0.5) is 0 Å². The normalized spacial score (nSPS) is 18.3. The zero-order valence-corrected chi connectivity index (χ0v) is 35.3. The monoisotopic (exact) mass is 860 g/mol. The van der Waals surface area contributed by atoms with E-state index in [0.717, 1.165) is 40.5 Å². The van der Waals surface area contributed by atoms with Gasteiger partial charge in [0.15, 0.2) is 0 Å². The van der Waals surface area contributed by atoms with E-state index in [-0.39, 0.29) is 35.9 Å². The Hall–Kier alpha value is -6.41. The number of aliphatic hydroxyl groups excluding tert-OH is 1. The summed E-state index contributed by atoms with van der Waals surface area (Å²) in [6.45, 7) is 4.16. The number of rotatable bonds is 16. The number of piperidine rings is 1. The molecular formula is C51H48N4O7S. The topological polar surface area (TPSA) is 164 Å². The molecule has 1 unspecified atom stereocenters. The van der Waals surface area contributed by atoms with Crippen LogP contribution in [0.25, 0.3) is 21.3 Å². The maximum absolute atomic E-state index is 14.0. The van der Waals surface area contributed by atoms with Gasteiger partial charge in [-0.2, -0.15) is 0 Å². The third-order valence-electron chi connectivity index (χ3n) is 12.4. The highest BCUT2D eigenvalue weighted by Gasteiger charge is 2.56. The van der Waals surface area contributed by atoms with E-state index in [4.69, 9.17) is 4.74 Å². The number of hydrogen-bond donors (Lipinski definition) is 6. The van der Waals surface area contributed by atoms with Gasteiger partial charge in [0.2, 0.25) is 11.2 Å². The highest BCUT2D eigenvalue weighted by Crippen LogP contribution is 2.52. The third kappa shape index (κ3) is 9.08. The van der Waals surface area contributed by atoms with Crippen molar-refractivity contribution in [3.63, 3.8) is 0 Å². The van der Waals surface area contributed by atoms with Gasteiger partial charge in [-0.1, -0.05) is 97.1 Å². The number of likely N-dealkylation sites (tertiary alicyclic amines) is 1. The van der Waals surface area contributed by atoms with Crippen molar-refractivity contribution < 1.29 is 29.6 Å². The van der Waals surface area contributed by atoms with Crippen molar-refractivity contribution in [3.8, 4) is 16.2 Å². The number of H-pyrrole nitrogens is 1. The molecule has 1 saturated heterocycles. The Labute approximate surface area is 368 Å². The minimum absolute atomic E-state index is 0.0649. The fraction of sp³-hybridized carbons (Fsp3) is 0.235. The van der Waals surface area contributed by atoms with Crippen LogP contribution in [-0.2, 0) is 34.8 Å². The van der Waals surface area contributed by atoms with Gasteiger partial charge in [0.25, 0.3) is 5.91 Å². The summed E-state index contributed by atoms with van der Waals surface area (Å²) in [5, 5.41) is 40.1. The van der Waals surface area contributed by atoms with Gasteiger partial charge in [-0.15, -0.1) is 11.3 Å². The average Bonchev–Trinajstić information content (AvgIpc) is 3.58. The number of carbonyl (C=O) groups is 2. The molecule has 3 heterocycles. The lowest BCUT2D eigenvalue weighted by molar-refractivity contribution is -0.163. The zero-order valence-electron chi connectivity index (χ0n) is 34.4. The molecule has 2 fully saturated rings. The second-order valence-electron chi connectivity index (χ2n) is 16.5. The van der Waals surface area contributed by atoms with Crippen molar-refractivity contribution in [1.29, 1.82) is 0 Å². The number of esters is 1. The summed E-state index contributed by atoms with van der Waals surface area (Å²) in [5.74, 6) is 0.310. The van der Waals surface area contributed by atoms with E-state index in [2.05, 4.69) is 44.8 Å². The van der Waals surface area contributed by atoms with Crippen molar-refractivity contribution in [3.05, 3.63) is 194 Å². The Morgan fingerprint density at radius 3 is 2.30 bits per heavy atom. The number of amides is 1. The van der Waals surface area contributed by atoms with E-state index >= 15 is 0 Å². The molecule has 7 aromatic rings. The second kappa shape index (κ2) is 18.1. The van der Waals surface area contributed by atoms with Crippen LogP contribution in [0.15, 0.2) is 150 Å². The number of aromatic nitrogens is 1. The standard InChI is InChI=1S/C51H48N4O7S/c56-44-21-19-39(40-20-23-47(58)54-48(40)44)45(57)27-52-25-32-14-16-34(17-15-32)49(59)53-26-38-18-22-46(63-38)35-10-7-13-37(24-35)51(61,36-11-5-2-6-12-36)50(60)62-31-43-41-29-55(30-42(41)43)28-33-8-3-1-4-9-33/h1-24,41-43,45,52,56-57,61H,25-31H2,(H,53,59)(H,54,58)/t41-,42+,43+,45-,51?/m0/s1. The number of aliphatic hydroxyl groups is 2. The molecule has 0 bridgehead atoms. The third-order valence-corrected chi connectivity index (χ3v) is 13.5. The van der Waals surface area contributed by atoms with Crippen LogP contribution in [-0.4, -0.2) is 63.3 Å². The molecule has 0 spiro atoms. The first kappa shape index (κ1) is 41.9.